The van der Waals surface area contributed by atoms with Crippen molar-refractivity contribution in [3.05, 3.63) is 47.0 Å². The van der Waals surface area contributed by atoms with Gasteiger partial charge in [-0.1, -0.05) is 42.8 Å². The molecule has 20 heavy (non-hydrogen) atoms. The van der Waals surface area contributed by atoms with Crippen LogP contribution in [0.4, 0.5) is 0 Å². The fraction of sp³-hybridized carbons (Fsp3) is 0.500. The van der Waals surface area contributed by atoms with Crippen LogP contribution in [0.3, 0.4) is 0 Å². The molecule has 0 bridgehead atoms. The van der Waals surface area contributed by atoms with E-state index in [2.05, 4.69) is 38.1 Å². The van der Waals surface area contributed by atoms with E-state index >= 15 is 0 Å². The summed E-state index contributed by atoms with van der Waals surface area (Å²) in [6.07, 6.45) is 5.13. The van der Waals surface area contributed by atoms with Gasteiger partial charge < -0.3 is 4.74 Å². The molecular formula is C18H22O2. The van der Waals surface area contributed by atoms with E-state index in [1.165, 1.54) is 23.8 Å². The molecule has 2 aliphatic carbocycles. The zero-order valence-electron chi connectivity index (χ0n) is 12.6. The Hall–Kier alpha value is -1.57. The number of ether oxygens (including phenoxy) is 1. The van der Waals surface area contributed by atoms with Crippen LogP contribution in [0.25, 0.3) is 0 Å². The van der Waals surface area contributed by atoms with Gasteiger partial charge in [0, 0.05) is 5.92 Å². The van der Waals surface area contributed by atoms with Crippen LogP contribution in [0.15, 0.2) is 30.4 Å². The first-order chi connectivity index (χ1) is 9.56. The number of methoxy groups -OCH3 is 1. The fourth-order valence-electron chi connectivity index (χ4n) is 4.23. The maximum atomic E-state index is 12.4. The Morgan fingerprint density at radius 3 is 2.80 bits per heavy atom. The second-order valence-electron chi connectivity index (χ2n) is 6.28. The van der Waals surface area contributed by atoms with E-state index in [0.29, 0.717) is 17.8 Å². The normalized spacial score (nSPS) is 34.5. The lowest BCUT2D eigenvalue weighted by molar-refractivity contribution is -0.145. The summed E-state index contributed by atoms with van der Waals surface area (Å²) in [5.41, 5.74) is 3.61. The van der Waals surface area contributed by atoms with Crippen molar-refractivity contribution in [3.63, 3.8) is 0 Å². The number of allylic oxidation sites excluding steroid dienone is 1. The first-order valence-electron chi connectivity index (χ1n) is 7.39. The van der Waals surface area contributed by atoms with E-state index < -0.39 is 5.41 Å². The molecular weight excluding hydrogens is 248 g/mol. The molecule has 106 valence electrons. The van der Waals surface area contributed by atoms with Crippen molar-refractivity contribution >= 4 is 5.97 Å². The Morgan fingerprint density at radius 1 is 1.40 bits per heavy atom. The molecule has 1 aromatic carbocycles. The molecule has 0 N–H and O–H groups in total. The zero-order valence-corrected chi connectivity index (χ0v) is 12.6. The van der Waals surface area contributed by atoms with Crippen molar-refractivity contribution in [2.75, 3.05) is 7.11 Å². The quantitative estimate of drug-likeness (QED) is 0.601. The van der Waals surface area contributed by atoms with E-state index in [9.17, 15) is 4.79 Å². The second kappa shape index (κ2) is 4.47. The van der Waals surface area contributed by atoms with Crippen LogP contribution in [-0.4, -0.2) is 13.1 Å². The molecule has 0 aliphatic heterocycles. The summed E-state index contributed by atoms with van der Waals surface area (Å²) in [6.45, 7) is 6.36. The molecule has 2 heteroatoms. The number of hydrogen-bond donors (Lipinski definition) is 0. The second-order valence-corrected chi connectivity index (χ2v) is 6.28. The maximum absolute atomic E-state index is 12.4. The molecule has 0 unspecified atom stereocenters. The van der Waals surface area contributed by atoms with Crippen molar-refractivity contribution < 1.29 is 9.53 Å². The molecule has 1 aromatic rings. The molecule has 2 nitrogen and oxygen atoms in total. The monoisotopic (exact) mass is 270 g/mol. The van der Waals surface area contributed by atoms with Gasteiger partial charge in [-0.25, -0.2) is 0 Å². The summed E-state index contributed by atoms with van der Waals surface area (Å²) in [7, 11) is 1.50. The smallest absolute Gasteiger partial charge is 0.316 e. The van der Waals surface area contributed by atoms with Crippen LogP contribution < -0.4 is 0 Å². The lowest BCUT2D eigenvalue weighted by Crippen LogP contribution is -2.18. The Kier molecular flexibility index (Phi) is 3.00. The average molecular weight is 270 g/mol. The van der Waals surface area contributed by atoms with E-state index in [1.807, 2.05) is 13.0 Å². The van der Waals surface area contributed by atoms with Crippen molar-refractivity contribution in [2.45, 2.75) is 39.0 Å². The molecule has 4 atom stereocenters. The minimum atomic E-state index is -0.420. The number of hydrogen-bond acceptors (Lipinski definition) is 2. The SMILES string of the molecule is C/C=C/[C@]1(C(=O)OC)[C@@H]2C[C@@H](C)c3ccc(C)cc3[C@@H]21. The van der Waals surface area contributed by atoms with Gasteiger partial charge in [-0.05, 0) is 43.2 Å². The number of benzene rings is 1. The van der Waals surface area contributed by atoms with Crippen LogP contribution in [0.1, 0.15) is 48.8 Å². The van der Waals surface area contributed by atoms with E-state index in [0.717, 1.165) is 6.42 Å². The Balaban J connectivity index is 2.12. The molecule has 0 spiro atoms. The van der Waals surface area contributed by atoms with Crippen LogP contribution in [-0.2, 0) is 9.53 Å². The lowest BCUT2D eigenvalue weighted by atomic mass is 9.83. The van der Waals surface area contributed by atoms with Crippen molar-refractivity contribution in [3.8, 4) is 0 Å². The van der Waals surface area contributed by atoms with Crippen molar-refractivity contribution in [1.82, 2.24) is 0 Å². The van der Waals surface area contributed by atoms with Gasteiger partial charge in [-0.2, -0.15) is 0 Å². The highest BCUT2D eigenvalue weighted by Gasteiger charge is 2.70. The summed E-state index contributed by atoms with van der Waals surface area (Å²) in [4.78, 5) is 12.4. The summed E-state index contributed by atoms with van der Waals surface area (Å²) >= 11 is 0. The van der Waals surface area contributed by atoms with Crippen LogP contribution in [0, 0.1) is 18.3 Å². The average Bonchev–Trinajstić information content (AvgIpc) is 3.07. The van der Waals surface area contributed by atoms with Gasteiger partial charge in [0.1, 0.15) is 0 Å². The van der Waals surface area contributed by atoms with Crippen LogP contribution in [0.5, 0.6) is 0 Å². The highest BCUT2D eigenvalue weighted by molar-refractivity contribution is 5.86. The zero-order chi connectivity index (χ0) is 14.5. The summed E-state index contributed by atoms with van der Waals surface area (Å²) < 4.78 is 5.11. The number of rotatable bonds is 2. The van der Waals surface area contributed by atoms with Gasteiger partial charge >= 0.3 is 5.97 Å². The van der Waals surface area contributed by atoms with Crippen molar-refractivity contribution in [2.24, 2.45) is 11.3 Å². The van der Waals surface area contributed by atoms with Crippen LogP contribution >= 0.6 is 0 Å². The summed E-state index contributed by atoms with van der Waals surface area (Å²) in [5.74, 6) is 1.14. The number of aryl methyl sites for hydroxylation is 1. The summed E-state index contributed by atoms with van der Waals surface area (Å²) in [5, 5.41) is 0. The van der Waals surface area contributed by atoms with E-state index in [-0.39, 0.29) is 5.97 Å². The third-order valence-corrected chi connectivity index (χ3v) is 5.12. The van der Waals surface area contributed by atoms with E-state index in [4.69, 9.17) is 4.74 Å². The fourth-order valence-corrected chi connectivity index (χ4v) is 4.23. The highest BCUT2D eigenvalue weighted by Crippen LogP contribution is 2.72. The van der Waals surface area contributed by atoms with Crippen molar-refractivity contribution in [1.29, 1.82) is 0 Å². The maximum Gasteiger partial charge on any atom is 0.316 e. The van der Waals surface area contributed by atoms with Gasteiger partial charge in [0.2, 0.25) is 0 Å². The number of carbonyl (C=O) groups is 1. The molecule has 0 saturated heterocycles. The summed E-state index contributed by atoms with van der Waals surface area (Å²) in [6, 6.07) is 6.67. The predicted molar refractivity (Wildman–Crippen MR) is 79.7 cm³/mol. The molecule has 0 amide bonds. The Bertz CT molecular complexity index is 587. The molecule has 0 radical (unpaired) electrons. The van der Waals surface area contributed by atoms with Gasteiger partial charge in [0.15, 0.2) is 0 Å². The van der Waals surface area contributed by atoms with E-state index in [1.54, 1.807) is 0 Å². The first kappa shape index (κ1) is 13.4. The van der Waals surface area contributed by atoms with Gasteiger partial charge in [0.05, 0.1) is 12.5 Å². The third kappa shape index (κ3) is 1.60. The van der Waals surface area contributed by atoms with Gasteiger partial charge in [-0.3, -0.25) is 4.79 Å². The number of esters is 1. The molecule has 0 aromatic heterocycles. The van der Waals surface area contributed by atoms with Crippen LogP contribution in [0.2, 0.25) is 0 Å². The number of carbonyl (C=O) groups excluding carboxylic acids is 1. The Morgan fingerprint density at radius 2 is 2.15 bits per heavy atom. The highest BCUT2D eigenvalue weighted by atomic mass is 16.5. The third-order valence-electron chi connectivity index (χ3n) is 5.12. The van der Waals surface area contributed by atoms with Gasteiger partial charge in [-0.15, -0.1) is 0 Å². The Labute approximate surface area is 120 Å². The number of fused-ring (bicyclic) bond motifs is 3. The molecule has 0 heterocycles. The molecule has 2 aliphatic rings. The topological polar surface area (TPSA) is 26.3 Å². The molecule has 1 saturated carbocycles. The lowest BCUT2D eigenvalue weighted by Gasteiger charge is -2.21. The largest absolute Gasteiger partial charge is 0.468 e. The minimum Gasteiger partial charge on any atom is -0.468 e. The standard InChI is InChI=1S/C18H22O2/c1-5-8-18(17(19)20-4)15-10-12(3)13-7-6-11(2)9-14(13)16(15)18/h5-9,12,15-16H,10H2,1-4H3/b8-5+/t12-,15-,16+,18+/m1/s1. The molecule has 3 rings (SSSR count). The van der Waals surface area contributed by atoms with Gasteiger partial charge in [0.25, 0.3) is 0 Å². The predicted octanol–water partition coefficient (Wildman–Crippen LogP) is 3.95. The molecule has 1 fully saturated rings. The first-order valence-corrected chi connectivity index (χ1v) is 7.39. The minimum absolute atomic E-state index is 0.0767.